The van der Waals surface area contributed by atoms with E-state index >= 15 is 0 Å². The number of carbonyl (C=O) groups excluding carboxylic acids is 1. The maximum absolute atomic E-state index is 11.9. The van der Waals surface area contributed by atoms with E-state index in [1.54, 1.807) is 31.2 Å². The molecule has 0 aliphatic heterocycles. The summed E-state index contributed by atoms with van der Waals surface area (Å²) in [5.74, 6) is -0.673. The van der Waals surface area contributed by atoms with Crippen molar-refractivity contribution in [3.05, 3.63) is 29.8 Å². The van der Waals surface area contributed by atoms with Crippen LogP contribution in [0.15, 0.2) is 29.2 Å². The van der Waals surface area contributed by atoms with Gasteiger partial charge in [0, 0.05) is 5.92 Å². The number of carbonyl (C=O) groups is 1. The van der Waals surface area contributed by atoms with E-state index in [9.17, 15) is 13.2 Å². The summed E-state index contributed by atoms with van der Waals surface area (Å²) in [6.07, 6.45) is 0. The van der Waals surface area contributed by atoms with E-state index in [2.05, 4.69) is 0 Å². The lowest BCUT2D eigenvalue weighted by molar-refractivity contribution is -0.119. The molecule has 0 radical (unpaired) electrons. The number of benzene rings is 1. The Labute approximate surface area is 96.4 Å². The number of ketones is 1. The second-order valence-corrected chi connectivity index (χ2v) is 6.14. The van der Waals surface area contributed by atoms with Crippen LogP contribution in [0.3, 0.4) is 0 Å². The molecule has 0 heterocycles. The van der Waals surface area contributed by atoms with Crippen molar-refractivity contribution in [2.24, 2.45) is 5.92 Å². The number of rotatable bonds is 4. The Bertz CT molecular complexity index is 471. The van der Waals surface area contributed by atoms with E-state index < -0.39 is 15.8 Å². The molecule has 0 amide bonds. The molecule has 1 aromatic carbocycles. The van der Waals surface area contributed by atoms with Gasteiger partial charge in [-0.05, 0) is 26.0 Å². The summed E-state index contributed by atoms with van der Waals surface area (Å²) in [6.45, 7) is 4.94. The van der Waals surface area contributed by atoms with Gasteiger partial charge in [-0.1, -0.05) is 24.6 Å². The summed E-state index contributed by atoms with van der Waals surface area (Å²) in [5.41, 5.74) is 1.01. The molecule has 1 atom stereocenters. The normalized spacial score (nSPS) is 13.4. The molecule has 0 aromatic heterocycles. The molecule has 1 unspecified atom stereocenters. The Morgan fingerprint density at radius 2 is 1.75 bits per heavy atom. The lowest BCUT2D eigenvalue weighted by Crippen LogP contribution is -2.19. The van der Waals surface area contributed by atoms with Crippen LogP contribution in [0.1, 0.15) is 19.4 Å². The molecule has 0 aliphatic rings. The van der Waals surface area contributed by atoms with Gasteiger partial charge >= 0.3 is 0 Å². The quantitative estimate of drug-likeness (QED) is 0.808. The Hall–Kier alpha value is -1.16. The molecule has 4 heteroatoms. The fourth-order valence-corrected chi connectivity index (χ4v) is 2.92. The van der Waals surface area contributed by atoms with Crippen LogP contribution in [0.2, 0.25) is 0 Å². The van der Waals surface area contributed by atoms with Gasteiger partial charge in [0.25, 0.3) is 0 Å². The second-order valence-electron chi connectivity index (χ2n) is 4.11. The van der Waals surface area contributed by atoms with Crippen molar-refractivity contribution in [2.45, 2.75) is 25.7 Å². The van der Waals surface area contributed by atoms with Gasteiger partial charge < -0.3 is 0 Å². The van der Waals surface area contributed by atoms with Crippen LogP contribution >= 0.6 is 0 Å². The standard InChI is InChI=1S/C12H16O3S/c1-9-4-6-12(7-5-9)16(14,15)8-10(2)11(3)13/h4-7,10H,8H2,1-3H3. The minimum Gasteiger partial charge on any atom is -0.300 e. The molecule has 0 saturated heterocycles. The Morgan fingerprint density at radius 3 is 2.19 bits per heavy atom. The van der Waals surface area contributed by atoms with Gasteiger partial charge in [0.2, 0.25) is 0 Å². The van der Waals surface area contributed by atoms with Gasteiger partial charge in [0.1, 0.15) is 5.78 Å². The van der Waals surface area contributed by atoms with Crippen LogP contribution in [0.25, 0.3) is 0 Å². The first-order valence-corrected chi connectivity index (χ1v) is 6.78. The SMILES string of the molecule is CC(=O)C(C)CS(=O)(=O)c1ccc(C)cc1. The Balaban J connectivity index is 2.94. The minimum absolute atomic E-state index is 0.101. The molecule has 0 fully saturated rings. The van der Waals surface area contributed by atoms with Gasteiger partial charge in [0.05, 0.1) is 10.6 Å². The molecule has 0 aliphatic carbocycles. The predicted octanol–water partition coefficient (Wildman–Crippen LogP) is 1.99. The average molecular weight is 240 g/mol. The fourth-order valence-electron chi connectivity index (χ4n) is 1.29. The summed E-state index contributed by atoms with van der Waals surface area (Å²) in [4.78, 5) is 11.3. The minimum atomic E-state index is -3.34. The van der Waals surface area contributed by atoms with Gasteiger partial charge in [-0.2, -0.15) is 0 Å². The third-order valence-corrected chi connectivity index (χ3v) is 4.47. The third kappa shape index (κ3) is 3.17. The van der Waals surface area contributed by atoms with Gasteiger partial charge in [-0.25, -0.2) is 8.42 Å². The molecular weight excluding hydrogens is 224 g/mol. The van der Waals surface area contributed by atoms with Crippen LogP contribution < -0.4 is 0 Å². The molecule has 0 N–H and O–H groups in total. The largest absolute Gasteiger partial charge is 0.300 e. The summed E-state index contributed by atoms with van der Waals surface area (Å²) < 4.78 is 23.8. The number of Topliss-reactive ketones (excluding diaryl/α,β-unsaturated/α-hetero) is 1. The highest BCUT2D eigenvalue weighted by atomic mass is 32.2. The van der Waals surface area contributed by atoms with Crippen LogP contribution in [0.5, 0.6) is 0 Å². The molecular formula is C12H16O3S. The zero-order valence-corrected chi connectivity index (χ0v) is 10.5. The van der Waals surface area contributed by atoms with E-state index in [1.807, 2.05) is 6.92 Å². The maximum atomic E-state index is 11.9. The summed E-state index contributed by atoms with van der Waals surface area (Å²) >= 11 is 0. The van der Waals surface area contributed by atoms with Crippen molar-refractivity contribution in [1.29, 1.82) is 0 Å². The van der Waals surface area contributed by atoms with Crippen molar-refractivity contribution in [2.75, 3.05) is 5.75 Å². The lowest BCUT2D eigenvalue weighted by atomic mass is 10.1. The second kappa shape index (κ2) is 4.78. The van der Waals surface area contributed by atoms with E-state index in [-0.39, 0.29) is 16.4 Å². The third-order valence-electron chi connectivity index (χ3n) is 2.54. The van der Waals surface area contributed by atoms with E-state index in [1.165, 1.54) is 6.92 Å². The molecule has 1 rings (SSSR count). The molecule has 88 valence electrons. The summed E-state index contributed by atoms with van der Waals surface area (Å²) in [6, 6.07) is 6.67. The van der Waals surface area contributed by atoms with Crippen molar-refractivity contribution in [3.63, 3.8) is 0 Å². The monoisotopic (exact) mass is 240 g/mol. The van der Waals surface area contributed by atoms with Gasteiger partial charge in [-0.15, -0.1) is 0 Å². The predicted molar refractivity (Wildman–Crippen MR) is 63.1 cm³/mol. The molecule has 0 spiro atoms. The fraction of sp³-hybridized carbons (Fsp3) is 0.417. The van der Waals surface area contributed by atoms with Crippen molar-refractivity contribution >= 4 is 15.6 Å². The van der Waals surface area contributed by atoms with Crippen molar-refractivity contribution in [1.82, 2.24) is 0 Å². The highest BCUT2D eigenvalue weighted by Crippen LogP contribution is 2.15. The number of hydrogen-bond donors (Lipinski definition) is 0. The van der Waals surface area contributed by atoms with E-state index in [0.717, 1.165) is 5.56 Å². The molecule has 0 bridgehead atoms. The molecule has 3 nitrogen and oxygen atoms in total. The maximum Gasteiger partial charge on any atom is 0.179 e. The first kappa shape index (κ1) is 12.9. The highest BCUT2D eigenvalue weighted by Gasteiger charge is 2.20. The first-order chi connectivity index (χ1) is 7.33. The number of aryl methyl sites for hydroxylation is 1. The smallest absolute Gasteiger partial charge is 0.179 e. The van der Waals surface area contributed by atoms with Crippen LogP contribution in [-0.2, 0) is 14.6 Å². The van der Waals surface area contributed by atoms with Crippen LogP contribution in [0, 0.1) is 12.8 Å². The zero-order valence-electron chi connectivity index (χ0n) is 9.73. The van der Waals surface area contributed by atoms with Crippen LogP contribution in [-0.4, -0.2) is 20.0 Å². The summed E-state index contributed by atoms with van der Waals surface area (Å²) in [7, 11) is -3.34. The molecule has 0 saturated carbocycles. The molecule has 16 heavy (non-hydrogen) atoms. The zero-order chi connectivity index (χ0) is 12.3. The Morgan fingerprint density at radius 1 is 1.25 bits per heavy atom. The number of hydrogen-bond acceptors (Lipinski definition) is 3. The highest BCUT2D eigenvalue weighted by molar-refractivity contribution is 7.91. The lowest BCUT2D eigenvalue weighted by Gasteiger charge is -2.08. The van der Waals surface area contributed by atoms with Crippen molar-refractivity contribution < 1.29 is 13.2 Å². The van der Waals surface area contributed by atoms with E-state index in [4.69, 9.17) is 0 Å². The number of sulfone groups is 1. The van der Waals surface area contributed by atoms with Crippen molar-refractivity contribution in [3.8, 4) is 0 Å². The Kier molecular flexibility index (Phi) is 3.86. The first-order valence-electron chi connectivity index (χ1n) is 5.13. The molecule has 1 aromatic rings. The summed E-state index contributed by atoms with van der Waals surface area (Å²) in [5, 5.41) is 0. The average Bonchev–Trinajstić information content (AvgIpc) is 2.17. The van der Waals surface area contributed by atoms with Gasteiger partial charge in [0.15, 0.2) is 9.84 Å². The topological polar surface area (TPSA) is 51.2 Å². The van der Waals surface area contributed by atoms with Gasteiger partial charge in [-0.3, -0.25) is 4.79 Å². The van der Waals surface area contributed by atoms with E-state index in [0.29, 0.717) is 0 Å². The van der Waals surface area contributed by atoms with Crippen LogP contribution in [0.4, 0.5) is 0 Å².